The number of hydrogen-bond donors (Lipinski definition) is 2. The fraction of sp³-hybridized carbons (Fsp3) is 0.500. The van der Waals surface area contributed by atoms with E-state index in [1.807, 2.05) is 31.3 Å². The summed E-state index contributed by atoms with van der Waals surface area (Å²) in [6.07, 6.45) is 0. The maximum absolute atomic E-state index is 11.5. The molecule has 0 saturated carbocycles. The summed E-state index contributed by atoms with van der Waals surface area (Å²) < 4.78 is 30.9. The van der Waals surface area contributed by atoms with Crippen molar-refractivity contribution < 1.29 is 12.9 Å². The van der Waals surface area contributed by atoms with Crippen LogP contribution in [0.4, 0.5) is 0 Å². The van der Waals surface area contributed by atoms with Gasteiger partial charge in [-0.2, -0.15) is 4.98 Å². The number of nitrogens with one attached hydrogen (secondary N) is 2. The first-order valence-electron chi connectivity index (χ1n) is 8.29. The van der Waals surface area contributed by atoms with Gasteiger partial charge < -0.3 is 9.84 Å². The maximum atomic E-state index is 11.5. The molecule has 1 atom stereocenters. The molecule has 2 aromatic rings. The summed E-state index contributed by atoms with van der Waals surface area (Å²) in [7, 11) is -1.15. The second-order valence-electron chi connectivity index (χ2n) is 6.08. The molecular weight excluding hydrogens is 378 g/mol. The lowest BCUT2D eigenvalue weighted by atomic mass is 10.1. The first-order valence-corrected chi connectivity index (χ1v) is 9.95. The summed E-state index contributed by atoms with van der Waals surface area (Å²) in [5.74, 6) is 1.21. The highest BCUT2D eigenvalue weighted by molar-refractivity contribution is 7.89. The number of nitrogens with zero attached hydrogens (tertiary/aromatic N) is 3. The summed E-state index contributed by atoms with van der Waals surface area (Å²) in [5.41, 5.74) is 1.68. The third-order valence-corrected chi connectivity index (χ3v) is 5.67. The molecule has 0 radical (unpaired) electrons. The number of likely N-dealkylation sites (N-methyl/N-ethyl adjacent to an activating group) is 1. The Morgan fingerprint density at radius 1 is 1.35 bits per heavy atom. The smallest absolute Gasteiger partial charge is 0.257 e. The molecular formula is C16H24ClN5O3S. The minimum absolute atomic E-state index is 0. The highest BCUT2D eigenvalue weighted by atomic mass is 35.5. The minimum Gasteiger partial charge on any atom is -0.334 e. The predicted octanol–water partition coefficient (Wildman–Crippen LogP) is 1.17. The highest BCUT2D eigenvalue weighted by Gasteiger charge is 2.25. The van der Waals surface area contributed by atoms with Crippen LogP contribution in [0.2, 0.25) is 0 Å². The van der Waals surface area contributed by atoms with Crippen molar-refractivity contribution in [3.63, 3.8) is 0 Å². The summed E-state index contributed by atoms with van der Waals surface area (Å²) in [4.78, 5) is 6.71. The van der Waals surface area contributed by atoms with E-state index in [1.165, 1.54) is 0 Å². The van der Waals surface area contributed by atoms with Gasteiger partial charge in [-0.15, -0.1) is 12.4 Å². The van der Waals surface area contributed by atoms with Gasteiger partial charge >= 0.3 is 0 Å². The fourth-order valence-corrected chi connectivity index (χ4v) is 3.23. The van der Waals surface area contributed by atoms with Gasteiger partial charge in [-0.1, -0.05) is 17.3 Å². The largest absolute Gasteiger partial charge is 0.334 e. The molecule has 10 heteroatoms. The molecule has 1 aliphatic rings. The molecule has 1 saturated heterocycles. The molecule has 2 N–H and O–H groups in total. The molecule has 1 aliphatic heterocycles. The molecule has 8 nitrogen and oxygen atoms in total. The van der Waals surface area contributed by atoms with E-state index in [0.29, 0.717) is 11.7 Å². The van der Waals surface area contributed by atoms with Gasteiger partial charge in [-0.05, 0) is 31.7 Å². The number of aromatic nitrogens is 2. The van der Waals surface area contributed by atoms with E-state index in [-0.39, 0.29) is 30.7 Å². The van der Waals surface area contributed by atoms with E-state index in [9.17, 15) is 8.42 Å². The van der Waals surface area contributed by atoms with Crippen molar-refractivity contribution in [3.8, 4) is 11.5 Å². The van der Waals surface area contributed by atoms with Crippen molar-refractivity contribution in [2.75, 3.05) is 32.4 Å². The predicted molar refractivity (Wildman–Crippen MR) is 102 cm³/mol. The van der Waals surface area contributed by atoms with Gasteiger partial charge in [0, 0.05) is 31.7 Å². The van der Waals surface area contributed by atoms with Crippen molar-refractivity contribution in [1.82, 2.24) is 25.1 Å². The zero-order chi connectivity index (χ0) is 17.9. The van der Waals surface area contributed by atoms with Crippen LogP contribution in [-0.4, -0.2) is 55.9 Å². The van der Waals surface area contributed by atoms with Gasteiger partial charge in [0.05, 0.1) is 11.8 Å². The summed E-state index contributed by atoms with van der Waals surface area (Å²) >= 11 is 0. The quantitative estimate of drug-likeness (QED) is 0.749. The van der Waals surface area contributed by atoms with Crippen LogP contribution in [0.1, 0.15) is 24.4 Å². The first kappa shape index (κ1) is 20.8. The highest BCUT2D eigenvalue weighted by Crippen LogP contribution is 2.23. The standard InChI is InChI=1S/C16H23N5O3S.ClH/c1-3-25(22,23)18-10-12-4-6-13(7-5-12)16-19-15(20-24-16)14-11-17-8-9-21(14)2;/h4-7,14,17-18H,3,8-11H2,1-2H3;1H. The molecule has 1 aromatic carbocycles. The molecule has 26 heavy (non-hydrogen) atoms. The lowest BCUT2D eigenvalue weighted by molar-refractivity contribution is 0.190. The first-order chi connectivity index (χ1) is 12.0. The minimum atomic E-state index is -3.20. The number of halogens is 1. The molecule has 1 fully saturated rings. The number of rotatable bonds is 6. The topological polar surface area (TPSA) is 100 Å². The average molecular weight is 402 g/mol. The molecule has 144 valence electrons. The van der Waals surface area contributed by atoms with Gasteiger partial charge in [0.1, 0.15) is 0 Å². The average Bonchev–Trinajstić information content (AvgIpc) is 3.11. The zero-order valence-electron chi connectivity index (χ0n) is 14.8. The van der Waals surface area contributed by atoms with Crippen molar-refractivity contribution in [3.05, 3.63) is 35.7 Å². The molecule has 3 rings (SSSR count). The van der Waals surface area contributed by atoms with E-state index in [4.69, 9.17) is 4.52 Å². The number of benzene rings is 1. The van der Waals surface area contributed by atoms with Crippen molar-refractivity contribution in [1.29, 1.82) is 0 Å². The lowest BCUT2D eigenvalue weighted by Crippen LogP contribution is -2.44. The second-order valence-corrected chi connectivity index (χ2v) is 8.18. The molecule has 0 spiro atoms. The molecule has 2 heterocycles. The maximum Gasteiger partial charge on any atom is 0.257 e. The molecule has 1 aromatic heterocycles. The Balaban J connectivity index is 0.00000243. The summed E-state index contributed by atoms with van der Waals surface area (Å²) in [6.45, 7) is 4.58. The molecule has 0 bridgehead atoms. The Bertz CT molecular complexity index is 810. The molecule has 0 aliphatic carbocycles. The van der Waals surface area contributed by atoms with Gasteiger partial charge in [0.2, 0.25) is 10.0 Å². The molecule has 1 unspecified atom stereocenters. The second kappa shape index (κ2) is 8.92. The van der Waals surface area contributed by atoms with E-state index >= 15 is 0 Å². The van der Waals surface area contributed by atoms with Gasteiger partial charge in [-0.25, -0.2) is 13.1 Å². The Kier molecular flexibility index (Phi) is 7.13. The van der Waals surface area contributed by atoms with Crippen molar-refractivity contribution in [2.24, 2.45) is 0 Å². The van der Waals surface area contributed by atoms with Crippen LogP contribution >= 0.6 is 12.4 Å². The summed E-state index contributed by atoms with van der Waals surface area (Å²) in [5, 5.41) is 7.44. The van der Waals surface area contributed by atoms with Crippen LogP contribution in [0.5, 0.6) is 0 Å². The van der Waals surface area contributed by atoms with E-state index < -0.39 is 10.0 Å². The number of piperazine rings is 1. The zero-order valence-corrected chi connectivity index (χ0v) is 16.4. The van der Waals surface area contributed by atoms with E-state index in [1.54, 1.807) is 6.92 Å². The van der Waals surface area contributed by atoms with Crippen LogP contribution in [-0.2, 0) is 16.6 Å². The van der Waals surface area contributed by atoms with E-state index in [2.05, 4.69) is 25.1 Å². The fourth-order valence-electron chi connectivity index (χ4n) is 2.64. The van der Waals surface area contributed by atoms with Crippen LogP contribution in [0, 0.1) is 0 Å². The van der Waals surface area contributed by atoms with Crippen molar-refractivity contribution >= 4 is 22.4 Å². The third-order valence-electron chi connectivity index (χ3n) is 4.33. The van der Waals surface area contributed by atoms with Gasteiger partial charge in [-0.3, -0.25) is 4.90 Å². The van der Waals surface area contributed by atoms with Crippen molar-refractivity contribution in [2.45, 2.75) is 19.5 Å². The van der Waals surface area contributed by atoms with Crippen LogP contribution in [0.25, 0.3) is 11.5 Å². The Morgan fingerprint density at radius 2 is 2.08 bits per heavy atom. The Hall–Kier alpha value is -1.52. The van der Waals surface area contributed by atoms with Gasteiger partial charge in [0.25, 0.3) is 5.89 Å². The normalized spacial score (nSPS) is 18.5. The van der Waals surface area contributed by atoms with Crippen LogP contribution < -0.4 is 10.0 Å². The lowest BCUT2D eigenvalue weighted by Gasteiger charge is -2.30. The monoisotopic (exact) mass is 401 g/mol. The SMILES string of the molecule is CCS(=O)(=O)NCc1ccc(-c2nc(C3CNCCN3C)no2)cc1.Cl. The molecule has 0 amide bonds. The van der Waals surface area contributed by atoms with E-state index in [0.717, 1.165) is 30.8 Å². The van der Waals surface area contributed by atoms with Gasteiger partial charge in [0.15, 0.2) is 5.82 Å². The van der Waals surface area contributed by atoms with Crippen LogP contribution in [0.3, 0.4) is 0 Å². The summed E-state index contributed by atoms with van der Waals surface area (Å²) in [6, 6.07) is 7.52. The van der Waals surface area contributed by atoms with Crippen LogP contribution in [0.15, 0.2) is 28.8 Å². The Morgan fingerprint density at radius 3 is 2.73 bits per heavy atom. The Labute approximate surface area is 159 Å². The number of hydrogen-bond acceptors (Lipinski definition) is 7. The third kappa shape index (κ3) is 5.01. The number of sulfonamides is 1.